The number of methoxy groups -OCH3 is 1. The van der Waals surface area contributed by atoms with Gasteiger partial charge in [0.2, 0.25) is 5.91 Å². The minimum Gasteiger partial charge on any atom is -0.465 e. The van der Waals surface area contributed by atoms with Gasteiger partial charge in [0.25, 0.3) is 0 Å². The average molecular weight is 270 g/mol. The number of hydrogen-bond donors (Lipinski definition) is 1. The summed E-state index contributed by atoms with van der Waals surface area (Å²) in [4.78, 5) is 24.5. The van der Waals surface area contributed by atoms with Gasteiger partial charge in [-0.2, -0.15) is 0 Å². The van der Waals surface area contributed by atoms with E-state index in [4.69, 9.17) is 11.6 Å². The molecule has 0 aromatic heterocycles. The molecule has 96 valence electrons. The number of esters is 1. The van der Waals surface area contributed by atoms with E-state index in [0.717, 1.165) is 0 Å². The summed E-state index contributed by atoms with van der Waals surface area (Å²) in [6.45, 7) is 0.184. The number of anilines is 1. The van der Waals surface area contributed by atoms with Crippen LogP contribution in [0.2, 0.25) is 5.02 Å². The predicted octanol–water partition coefficient (Wildman–Crippen LogP) is 1.22. The van der Waals surface area contributed by atoms with Crippen molar-refractivity contribution in [1.82, 2.24) is 0 Å². The SMILES string of the molecule is COC(=O)c1ccc(Cl)c(N2CC(O)CC2=O)c1. The van der Waals surface area contributed by atoms with Gasteiger partial charge in [0.1, 0.15) is 0 Å². The number of nitrogens with zero attached hydrogens (tertiary/aromatic N) is 1. The monoisotopic (exact) mass is 269 g/mol. The van der Waals surface area contributed by atoms with Crippen LogP contribution in [-0.4, -0.2) is 36.7 Å². The molecule has 6 heteroatoms. The Hall–Kier alpha value is -1.59. The van der Waals surface area contributed by atoms with Crippen molar-refractivity contribution in [3.63, 3.8) is 0 Å². The van der Waals surface area contributed by atoms with E-state index >= 15 is 0 Å². The Labute approximate surface area is 109 Å². The first kappa shape index (κ1) is 12.9. The second kappa shape index (κ2) is 4.96. The Morgan fingerprint density at radius 2 is 2.28 bits per heavy atom. The summed E-state index contributed by atoms with van der Waals surface area (Å²) in [5.41, 5.74) is 0.729. The summed E-state index contributed by atoms with van der Waals surface area (Å²) in [6, 6.07) is 4.54. The number of amides is 1. The van der Waals surface area contributed by atoms with Crippen LogP contribution in [0.5, 0.6) is 0 Å². The van der Waals surface area contributed by atoms with Gasteiger partial charge in [-0.25, -0.2) is 4.79 Å². The Morgan fingerprint density at radius 3 is 2.83 bits per heavy atom. The fourth-order valence-corrected chi connectivity index (χ4v) is 2.11. The van der Waals surface area contributed by atoms with Crippen molar-refractivity contribution in [2.75, 3.05) is 18.6 Å². The largest absolute Gasteiger partial charge is 0.465 e. The second-order valence-electron chi connectivity index (χ2n) is 4.02. The van der Waals surface area contributed by atoms with Crippen LogP contribution in [0, 0.1) is 0 Å². The Bertz CT molecular complexity index is 503. The highest BCUT2D eigenvalue weighted by atomic mass is 35.5. The summed E-state index contributed by atoms with van der Waals surface area (Å²) in [7, 11) is 1.28. The smallest absolute Gasteiger partial charge is 0.337 e. The van der Waals surface area contributed by atoms with Crippen LogP contribution in [0.15, 0.2) is 18.2 Å². The first-order chi connectivity index (χ1) is 8.52. The number of rotatable bonds is 2. The van der Waals surface area contributed by atoms with Gasteiger partial charge in [-0.15, -0.1) is 0 Å². The lowest BCUT2D eigenvalue weighted by Gasteiger charge is -2.18. The normalized spacial score (nSPS) is 19.2. The van der Waals surface area contributed by atoms with Crippen molar-refractivity contribution < 1.29 is 19.4 Å². The molecule has 5 nitrogen and oxygen atoms in total. The number of benzene rings is 1. The van der Waals surface area contributed by atoms with Gasteiger partial charge in [-0.3, -0.25) is 4.79 Å². The highest BCUT2D eigenvalue weighted by Gasteiger charge is 2.30. The van der Waals surface area contributed by atoms with E-state index in [0.29, 0.717) is 16.3 Å². The molecule has 1 N–H and O–H groups in total. The fraction of sp³-hybridized carbons (Fsp3) is 0.333. The van der Waals surface area contributed by atoms with E-state index in [1.807, 2.05) is 0 Å². The van der Waals surface area contributed by atoms with Gasteiger partial charge in [0, 0.05) is 0 Å². The summed E-state index contributed by atoms with van der Waals surface area (Å²) in [5.74, 6) is -0.716. The maximum absolute atomic E-state index is 11.7. The number of halogens is 1. The molecule has 0 spiro atoms. The van der Waals surface area contributed by atoms with Crippen molar-refractivity contribution in [3.8, 4) is 0 Å². The van der Waals surface area contributed by atoms with Crippen molar-refractivity contribution in [2.24, 2.45) is 0 Å². The molecule has 1 aromatic carbocycles. The van der Waals surface area contributed by atoms with Gasteiger partial charge in [-0.1, -0.05) is 11.6 Å². The van der Waals surface area contributed by atoms with Crippen molar-refractivity contribution in [2.45, 2.75) is 12.5 Å². The molecule has 1 amide bonds. The minimum absolute atomic E-state index is 0.0682. The number of ether oxygens (including phenoxy) is 1. The Balaban J connectivity index is 2.38. The molecule has 18 heavy (non-hydrogen) atoms. The maximum Gasteiger partial charge on any atom is 0.337 e. The Morgan fingerprint density at radius 1 is 1.56 bits per heavy atom. The fourth-order valence-electron chi connectivity index (χ4n) is 1.89. The van der Waals surface area contributed by atoms with Gasteiger partial charge in [-0.05, 0) is 18.2 Å². The molecular formula is C12H12ClNO4. The van der Waals surface area contributed by atoms with Crippen molar-refractivity contribution in [1.29, 1.82) is 0 Å². The molecule has 0 saturated carbocycles. The number of β-amino-alcohol motifs (C(OH)–C–C–N with tert-alkyl or cyclic N) is 1. The minimum atomic E-state index is -0.699. The van der Waals surface area contributed by atoms with E-state index in [1.54, 1.807) is 0 Å². The highest BCUT2D eigenvalue weighted by molar-refractivity contribution is 6.34. The van der Waals surface area contributed by atoms with E-state index in [1.165, 1.54) is 30.2 Å². The Kier molecular flexibility index (Phi) is 3.54. The summed E-state index contributed by atoms with van der Waals surface area (Å²) >= 11 is 6.01. The van der Waals surface area contributed by atoms with Crippen LogP contribution >= 0.6 is 11.6 Å². The summed E-state index contributed by atoms with van der Waals surface area (Å²) < 4.78 is 4.61. The molecule has 1 aromatic rings. The third-order valence-electron chi connectivity index (χ3n) is 2.76. The van der Waals surface area contributed by atoms with Crippen LogP contribution in [0.3, 0.4) is 0 Å². The second-order valence-corrected chi connectivity index (χ2v) is 4.43. The van der Waals surface area contributed by atoms with Crippen molar-refractivity contribution in [3.05, 3.63) is 28.8 Å². The highest BCUT2D eigenvalue weighted by Crippen LogP contribution is 2.30. The topological polar surface area (TPSA) is 66.8 Å². The zero-order valence-corrected chi connectivity index (χ0v) is 10.5. The quantitative estimate of drug-likeness (QED) is 0.820. The number of carbonyl (C=O) groups excluding carboxylic acids is 2. The summed E-state index contributed by atoms with van der Waals surface area (Å²) in [5, 5.41) is 9.80. The number of carbonyl (C=O) groups is 2. The van der Waals surface area contributed by atoms with Crippen LogP contribution < -0.4 is 4.90 Å². The standard InChI is InChI=1S/C12H12ClNO4/c1-18-12(17)7-2-3-9(13)10(4-7)14-6-8(15)5-11(14)16/h2-4,8,15H,5-6H2,1H3. The van der Waals surface area contributed by atoms with Gasteiger partial charge in [0.15, 0.2) is 0 Å². The summed E-state index contributed by atoms with van der Waals surface area (Å²) in [6.07, 6.45) is -0.631. The zero-order chi connectivity index (χ0) is 13.3. The van der Waals surface area contributed by atoms with Crippen LogP contribution in [0.1, 0.15) is 16.8 Å². The molecule has 1 aliphatic heterocycles. The lowest BCUT2D eigenvalue weighted by atomic mass is 10.2. The lowest BCUT2D eigenvalue weighted by Crippen LogP contribution is -2.25. The zero-order valence-electron chi connectivity index (χ0n) is 9.72. The molecule has 1 unspecified atom stereocenters. The predicted molar refractivity (Wildman–Crippen MR) is 65.8 cm³/mol. The first-order valence-electron chi connectivity index (χ1n) is 5.39. The van der Waals surface area contributed by atoms with Crippen molar-refractivity contribution >= 4 is 29.2 Å². The molecule has 1 heterocycles. The van der Waals surface area contributed by atoms with E-state index < -0.39 is 12.1 Å². The van der Waals surface area contributed by atoms with Gasteiger partial charge < -0.3 is 14.7 Å². The number of hydrogen-bond acceptors (Lipinski definition) is 4. The van der Waals surface area contributed by atoms with Crippen LogP contribution in [-0.2, 0) is 9.53 Å². The van der Waals surface area contributed by atoms with E-state index in [2.05, 4.69) is 4.74 Å². The van der Waals surface area contributed by atoms with E-state index in [9.17, 15) is 14.7 Å². The third kappa shape index (κ3) is 2.32. The van der Waals surface area contributed by atoms with Crippen LogP contribution in [0.4, 0.5) is 5.69 Å². The molecular weight excluding hydrogens is 258 g/mol. The molecule has 2 rings (SSSR count). The van der Waals surface area contributed by atoms with Gasteiger partial charge >= 0.3 is 5.97 Å². The van der Waals surface area contributed by atoms with E-state index in [-0.39, 0.29) is 18.9 Å². The first-order valence-corrected chi connectivity index (χ1v) is 5.77. The van der Waals surface area contributed by atoms with Crippen LogP contribution in [0.25, 0.3) is 0 Å². The molecule has 0 aliphatic carbocycles. The average Bonchev–Trinajstić information content (AvgIpc) is 2.68. The molecule has 1 aliphatic rings. The third-order valence-corrected chi connectivity index (χ3v) is 3.08. The molecule has 0 bridgehead atoms. The number of aliphatic hydroxyl groups excluding tert-OH is 1. The molecule has 1 atom stereocenters. The maximum atomic E-state index is 11.7. The molecule has 0 radical (unpaired) electrons. The molecule has 1 saturated heterocycles. The molecule has 1 fully saturated rings. The van der Waals surface area contributed by atoms with Gasteiger partial charge in [0.05, 0.1) is 42.5 Å². The lowest BCUT2D eigenvalue weighted by molar-refractivity contribution is -0.117. The number of aliphatic hydroxyl groups is 1.